The van der Waals surface area contributed by atoms with E-state index in [-0.39, 0.29) is 18.2 Å². The highest BCUT2D eigenvalue weighted by Gasteiger charge is 2.45. The molecule has 0 aromatic heterocycles. The Bertz CT molecular complexity index is 783. The molecule has 0 radical (unpaired) electrons. The fourth-order valence-electron chi connectivity index (χ4n) is 4.93. The van der Waals surface area contributed by atoms with Crippen LogP contribution in [0.3, 0.4) is 0 Å². The summed E-state index contributed by atoms with van der Waals surface area (Å²) in [5, 5.41) is 0. The molecule has 1 aliphatic heterocycles. The lowest BCUT2D eigenvalue weighted by Crippen LogP contribution is -2.12. The normalized spacial score (nSPS) is 24.3. The summed E-state index contributed by atoms with van der Waals surface area (Å²) in [5.74, 6) is 0.791. The SMILES string of the molecule is CCCCCC(OCc1ccccc1)c1ccc([C@H]2CC[C@@H]3OC(=O)C[C@@H]32)cc1. The molecule has 29 heavy (non-hydrogen) atoms. The molecule has 1 aliphatic carbocycles. The lowest BCUT2D eigenvalue weighted by molar-refractivity contribution is -0.141. The van der Waals surface area contributed by atoms with Gasteiger partial charge in [-0.3, -0.25) is 4.79 Å². The Balaban J connectivity index is 1.43. The Morgan fingerprint density at radius 3 is 2.59 bits per heavy atom. The third kappa shape index (κ3) is 4.90. The number of benzene rings is 2. The van der Waals surface area contributed by atoms with Crippen LogP contribution in [0.25, 0.3) is 0 Å². The first-order valence-corrected chi connectivity index (χ1v) is 11.2. The van der Waals surface area contributed by atoms with Crippen LogP contribution in [-0.4, -0.2) is 12.1 Å². The summed E-state index contributed by atoms with van der Waals surface area (Å²) in [4.78, 5) is 11.7. The number of rotatable bonds is 9. The summed E-state index contributed by atoms with van der Waals surface area (Å²) in [7, 11) is 0. The summed E-state index contributed by atoms with van der Waals surface area (Å²) in [6, 6.07) is 19.4. The summed E-state index contributed by atoms with van der Waals surface area (Å²) < 4.78 is 11.8. The van der Waals surface area contributed by atoms with Crippen LogP contribution >= 0.6 is 0 Å². The number of carbonyl (C=O) groups excluding carboxylic acids is 1. The molecule has 1 saturated heterocycles. The van der Waals surface area contributed by atoms with Gasteiger partial charge in [0.25, 0.3) is 0 Å². The van der Waals surface area contributed by atoms with E-state index in [1.165, 1.54) is 36.0 Å². The van der Waals surface area contributed by atoms with Crippen molar-refractivity contribution in [2.75, 3.05) is 0 Å². The highest BCUT2D eigenvalue weighted by atomic mass is 16.6. The van der Waals surface area contributed by atoms with Crippen molar-refractivity contribution >= 4 is 5.97 Å². The van der Waals surface area contributed by atoms with Crippen LogP contribution in [0.15, 0.2) is 54.6 Å². The number of fused-ring (bicyclic) bond motifs is 1. The minimum atomic E-state index is -0.0216. The van der Waals surface area contributed by atoms with Crippen LogP contribution < -0.4 is 0 Å². The van der Waals surface area contributed by atoms with E-state index < -0.39 is 0 Å². The average molecular weight is 393 g/mol. The maximum absolute atomic E-state index is 11.7. The molecule has 0 bridgehead atoms. The van der Waals surface area contributed by atoms with Gasteiger partial charge >= 0.3 is 5.97 Å². The van der Waals surface area contributed by atoms with Crippen molar-refractivity contribution < 1.29 is 14.3 Å². The van der Waals surface area contributed by atoms with Crippen molar-refractivity contribution in [2.45, 2.75) is 76.6 Å². The molecular weight excluding hydrogens is 360 g/mol. The number of esters is 1. The highest BCUT2D eigenvalue weighted by molar-refractivity contribution is 5.72. The molecule has 154 valence electrons. The zero-order valence-electron chi connectivity index (χ0n) is 17.4. The van der Waals surface area contributed by atoms with E-state index in [4.69, 9.17) is 9.47 Å². The molecule has 0 amide bonds. The Morgan fingerprint density at radius 1 is 1.03 bits per heavy atom. The molecule has 1 heterocycles. The summed E-state index contributed by atoms with van der Waals surface area (Å²) in [6.45, 7) is 2.88. The first kappa shape index (κ1) is 20.2. The number of carbonyl (C=O) groups is 1. The van der Waals surface area contributed by atoms with Crippen molar-refractivity contribution in [3.63, 3.8) is 0 Å². The molecule has 1 unspecified atom stereocenters. The maximum Gasteiger partial charge on any atom is 0.306 e. The summed E-state index contributed by atoms with van der Waals surface area (Å²) in [6.07, 6.45) is 7.66. The standard InChI is InChI=1S/C26H32O3/c1-2-3-5-10-24(28-18-19-8-6-4-7-9-19)21-13-11-20(12-14-21)22-15-16-25-23(22)17-26(27)29-25/h4,6-9,11-14,22-25H,2-3,5,10,15-18H2,1H3/t22-,23-,24?,25+/m1/s1. The van der Waals surface area contributed by atoms with Gasteiger partial charge in [-0.2, -0.15) is 0 Å². The molecule has 4 atom stereocenters. The van der Waals surface area contributed by atoms with Crippen molar-refractivity contribution in [3.8, 4) is 0 Å². The Labute approximate surface area is 174 Å². The lowest BCUT2D eigenvalue weighted by Gasteiger charge is -2.21. The van der Waals surface area contributed by atoms with Crippen LogP contribution in [0.5, 0.6) is 0 Å². The molecule has 4 rings (SSSR count). The third-order valence-electron chi connectivity index (χ3n) is 6.54. The zero-order chi connectivity index (χ0) is 20.1. The predicted molar refractivity (Wildman–Crippen MR) is 115 cm³/mol. The molecule has 2 aliphatic rings. The van der Waals surface area contributed by atoms with Gasteiger partial charge in [0, 0.05) is 5.92 Å². The Morgan fingerprint density at radius 2 is 1.83 bits per heavy atom. The fourth-order valence-corrected chi connectivity index (χ4v) is 4.93. The Hall–Kier alpha value is -2.13. The monoisotopic (exact) mass is 392 g/mol. The molecule has 3 nitrogen and oxygen atoms in total. The van der Waals surface area contributed by atoms with Crippen LogP contribution in [-0.2, 0) is 20.9 Å². The minimum Gasteiger partial charge on any atom is -0.462 e. The smallest absolute Gasteiger partial charge is 0.306 e. The molecular formula is C26H32O3. The second kappa shape index (κ2) is 9.58. The van der Waals surface area contributed by atoms with Crippen LogP contribution in [0.4, 0.5) is 0 Å². The van der Waals surface area contributed by atoms with E-state index in [0.717, 1.165) is 19.3 Å². The number of hydrogen-bond acceptors (Lipinski definition) is 3. The van der Waals surface area contributed by atoms with Crippen LogP contribution in [0.1, 0.15) is 80.6 Å². The van der Waals surface area contributed by atoms with Gasteiger partial charge in [0.1, 0.15) is 6.10 Å². The van der Waals surface area contributed by atoms with Gasteiger partial charge in [0.15, 0.2) is 0 Å². The van der Waals surface area contributed by atoms with Crippen molar-refractivity contribution in [1.82, 2.24) is 0 Å². The number of unbranched alkanes of at least 4 members (excludes halogenated alkanes) is 2. The van der Waals surface area contributed by atoms with E-state index in [1.807, 2.05) is 6.07 Å². The van der Waals surface area contributed by atoms with Crippen LogP contribution in [0.2, 0.25) is 0 Å². The molecule has 2 aromatic rings. The summed E-state index contributed by atoms with van der Waals surface area (Å²) >= 11 is 0. The van der Waals surface area contributed by atoms with E-state index in [2.05, 4.69) is 55.5 Å². The number of hydrogen-bond donors (Lipinski definition) is 0. The maximum atomic E-state index is 11.7. The first-order chi connectivity index (χ1) is 14.2. The van der Waals surface area contributed by atoms with Gasteiger partial charge in [-0.05, 0) is 41.9 Å². The van der Waals surface area contributed by atoms with Gasteiger partial charge in [-0.15, -0.1) is 0 Å². The van der Waals surface area contributed by atoms with Gasteiger partial charge in [-0.1, -0.05) is 80.8 Å². The number of ether oxygens (including phenoxy) is 2. The Kier molecular flexibility index (Phi) is 6.66. The highest BCUT2D eigenvalue weighted by Crippen LogP contribution is 2.46. The fraction of sp³-hybridized carbons (Fsp3) is 0.500. The van der Waals surface area contributed by atoms with Crippen molar-refractivity contribution in [3.05, 3.63) is 71.3 Å². The first-order valence-electron chi connectivity index (χ1n) is 11.2. The van der Waals surface area contributed by atoms with E-state index in [0.29, 0.717) is 24.9 Å². The van der Waals surface area contributed by atoms with E-state index >= 15 is 0 Å². The zero-order valence-corrected chi connectivity index (χ0v) is 17.4. The second-order valence-corrected chi connectivity index (χ2v) is 8.53. The van der Waals surface area contributed by atoms with Gasteiger partial charge in [0.05, 0.1) is 19.1 Å². The molecule has 0 spiro atoms. The molecule has 0 N–H and O–H groups in total. The van der Waals surface area contributed by atoms with Crippen molar-refractivity contribution in [2.24, 2.45) is 5.92 Å². The molecule has 1 saturated carbocycles. The van der Waals surface area contributed by atoms with Crippen molar-refractivity contribution in [1.29, 1.82) is 0 Å². The quantitative estimate of drug-likeness (QED) is 0.369. The molecule has 2 aromatic carbocycles. The van der Waals surface area contributed by atoms with Gasteiger partial charge < -0.3 is 9.47 Å². The topological polar surface area (TPSA) is 35.5 Å². The largest absolute Gasteiger partial charge is 0.462 e. The molecule has 3 heteroatoms. The van der Waals surface area contributed by atoms with E-state index in [1.54, 1.807) is 0 Å². The third-order valence-corrected chi connectivity index (χ3v) is 6.54. The van der Waals surface area contributed by atoms with Crippen LogP contribution in [0, 0.1) is 5.92 Å². The second-order valence-electron chi connectivity index (χ2n) is 8.53. The van der Waals surface area contributed by atoms with Gasteiger partial charge in [0.2, 0.25) is 0 Å². The lowest BCUT2D eigenvalue weighted by atomic mass is 9.86. The minimum absolute atomic E-state index is 0.0216. The van der Waals surface area contributed by atoms with Gasteiger partial charge in [-0.25, -0.2) is 0 Å². The molecule has 2 fully saturated rings. The predicted octanol–water partition coefficient (Wildman–Crippen LogP) is 6.33. The average Bonchev–Trinajstić information content (AvgIpc) is 3.30. The van der Waals surface area contributed by atoms with E-state index in [9.17, 15) is 4.79 Å². The summed E-state index contributed by atoms with van der Waals surface area (Å²) in [5.41, 5.74) is 3.82.